The van der Waals surface area contributed by atoms with E-state index in [9.17, 15) is 28.8 Å². The molecule has 10 aromatic rings. The first-order valence-electron chi connectivity index (χ1n) is 34.5. The molecule has 4 aromatic heterocycles. The molecule has 3 fully saturated rings. The average molecular weight is 1340 g/mol. The van der Waals surface area contributed by atoms with Gasteiger partial charge in [0.2, 0.25) is 0 Å². The molecule has 0 aliphatic heterocycles. The fourth-order valence-electron chi connectivity index (χ4n) is 16.6. The van der Waals surface area contributed by atoms with Crippen LogP contribution in [-0.4, -0.2) is 120 Å². The van der Waals surface area contributed by atoms with Crippen LogP contribution >= 0.6 is 0 Å². The van der Waals surface area contributed by atoms with Crippen molar-refractivity contribution in [1.29, 1.82) is 0 Å². The predicted octanol–water partition coefficient (Wildman–Crippen LogP) is 10.2. The van der Waals surface area contributed by atoms with Gasteiger partial charge in [-0.1, -0.05) is 109 Å². The third-order valence-corrected chi connectivity index (χ3v) is 21.4. The minimum atomic E-state index is -1.02. The third kappa shape index (κ3) is 15.5. The lowest BCUT2D eigenvalue weighted by atomic mass is 9.73. The predicted molar refractivity (Wildman–Crippen MR) is 375 cm³/mol. The third-order valence-electron chi connectivity index (χ3n) is 21.4. The molecule has 20 heteroatoms. The monoisotopic (exact) mass is 1340 g/mol. The van der Waals surface area contributed by atoms with Crippen molar-refractivity contribution < 1.29 is 57.2 Å². The van der Waals surface area contributed by atoms with Crippen molar-refractivity contribution in [3.8, 4) is 0 Å². The molecule has 3 aliphatic carbocycles. The molecule has 0 unspecified atom stereocenters. The Morgan fingerprint density at radius 2 is 0.606 bits per heavy atom. The Balaban J connectivity index is 0.800. The second-order valence-electron chi connectivity index (χ2n) is 27.5. The maximum Gasteiger partial charge on any atom is 0.338 e. The highest BCUT2D eigenvalue weighted by atomic mass is 16.6. The minimum Gasteiger partial charge on any atom is -0.464 e. The van der Waals surface area contributed by atoms with E-state index in [1.165, 1.54) is 0 Å². The molecular formula is C79H86N8O12. The van der Waals surface area contributed by atoms with Crippen molar-refractivity contribution >= 4 is 79.4 Å². The molecule has 0 spiro atoms. The van der Waals surface area contributed by atoms with E-state index in [-0.39, 0.29) is 107 Å². The molecule has 0 radical (unpaired) electrons. The summed E-state index contributed by atoms with van der Waals surface area (Å²) in [5, 5.41) is 3.81. The summed E-state index contributed by atoms with van der Waals surface area (Å²) in [4.78, 5) is 98.0. The summed E-state index contributed by atoms with van der Waals surface area (Å²) < 4.78 is 37.7. The maximum absolute atomic E-state index is 14.4. The number of hydrogen-bond acceptors (Lipinski definition) is 16. The van der Waals surface area contributed by atoms with Gasteiger partial charge in [-0.25, -0.2) is 9.59 Å². The van der Waals surface area contributed by atoms with E-state index in [4.69, 9.17) is 51.4 Å². The fraction of sp³-hybridized carbons (Fsp3) is 0.367. The molecule has 99 heavy (non-hydrogen) atoms. The van der Waals surface area contributed by atoms with Crippen molar-refractivity contribution in [1.82, 2.24) is 19.9 Å². The molecule has 12 N–H and O–H groups in total. The molecule has 3 saturated carbocycles. The number of nitrogens with two attached hydrogens (primary N) is 4. The van der Waals surface area contributed by atoms with E-state index in [2.05, 4.69) is 19.9 Å². The number of ether oxygens (including phenoxy) is 6. The quantitative estimate of drug-likeness (QED) is 0.0167. The number of carbonyl (C=O) groups excluding carboxylic acids is 6. The summed E-state index contributed by atoms with van der Waals surface area (Å²) in [7, 11) is 0. The molecule has 6 aromatic carbocycles. The topological polar surface area (TPSA) is 325 Å². The second-order valence-corrected chi connectivity index (χ2v) is 27.5. The summed E-state index contributed by atoms with van der Waals surface area (Å²) in [6.07, 6.45) is 11.2. The van der Waals surface area contributed by atoms with Gasteiger partial charge in [0.25, 0.3) is 0 Å². The molecule has 514 valence electrons. The number of nitrogens with one attached hydrogen (secondary N) is 4. The van der Waals surface area contributed by atoms with E-state index >= 15 is 0 Å². The average Bonchev–Trinajstić information content (AvgIpc) is 1.61. The van der Waals surface area contributed by atoms with Crippen LogP contribution in [-0.2, 0) is 73.3 Å². The Bertz CT molecular complexity index is 4440. The number of carbonyl (C=O) groups is 6. The van der Waals surface area contributed by atoms with Gasteiger partial charge in [-0.05, 0) is 150 Å². The molecular weight excluding hydrogens is 1250 g/mol. The lowest BCUT2D eigenvalue weighted by Crippen LogP contribution is -2.39. The van der Waals surface area contributed by atoms with Crippen LogP contribution in [0.4, 0.5) is 0 Å². The summed E-state index contributed by atoms with van der Waals surface area (Å²) >= 11 is 0. The van der Waals surface area contributed by atoms with Crippen molar-refractivity contribution in [3.05, 3.63) is 216 Å². The molecule has 0 bridgehead atoms. The van der Waals surface area contributed by atoms with Crippen LogP contribution in [0.5, 0.6) is 0 Å². The van der Waals surface area contributed by atoms with Gasteiger partial charge in [0, 0.05) is 106 Å². The zero-order chi connectivity index (χ0) is 68.5. The molecule has 13 rings (SSSR count). The number of aromatic amines is 4. The standard InChI is InChI=1S/C79H86N8O12/c80-64(32-50-36-84-68-23-11-7-19-58(50)68)76(90)95-40-54-31-57(43-97-78(92)66(82)34-52-38-86-70-25-13-9-21-60(52)70)73(62(54)44-98-75(89)47-17-5-2-6-18-47)49-28-27-48(29-49)72-56(42-94-74(88)46-15-3-1-4-16-46)30-55(41-96-77(91)65(81)33-51-37-85-69-24-12-8-20-59(51)69)63(72)45-99-79(93)67(83)35-53-39-87-71-26-14-10-22-61(53)71/h1-26,36-39,48-49,54-57,62-67,72-73,84-87H,27-35,40-45,80-83H2/t48-,49+,54-,55-,56+,57+,62+,63+,64-,65-,66-,67-,72+,73+/m0/s1. The van der Waals surface area contributed by atoms with Gasteiger partial charge >= 0.3 is 35.8 Å². The number of fused-ring (bicyclic) bond motifs is 4. The van der Waals surface area contributed by atoms with E-state index in [1.807, 2.05) is 134 Å². The van der Waals surface area contributed by atoms with E-state index in [0.717, 1.165) is 65.9 Å². The Kier molecular flexibility index (Phi) is 21.1. The van der Waals surface area contributed by atoms with Gasteiger partial charge in [0.1, 0.15) is 24.2 Å². The largest absolute Gasteiger partial charge is 0.464 e. The Labute approximate surface area is 573 Å². The summed E-state index contributed by atoms with van der Waals surface area (Å²) in [6, 6.07) is 44.7. The second kappa shape index (κ2) is 30.9. The number of hydrogen-bond donors (Lipinski definition) is 8. The molecule has 14 atom stereocenters. The first kappa shape index (κ1) is 67.7. The molecule has 0 saturated heterocycles. The van der Waals surface area contributed by atoms with Crippen molar-refractivity contribution in [2.45, 2.75) is 82.0 Å². The van der Waals surface area contributed by atoms with Crippen LogP contribution in [0, 0.1) is 59.2 Å². The zero-order valence-electron chi connectivity index (χ0n) is 55.2. The minimum absolute atomic E-state index is 0.0172. The van der Waals surface area contributed by atoms with E-state index in [1.54, 1.807) is 48.5 Å². The van der Waals surface area contributed by atoms with E-state index < -0.39 is 77.7 Å². The first-order chi connectivity index (χ1) is 48.2. The molecule has 3 aliphatic rings. The Hall–Kier alpha value is -9.86. The molecule has 0 amide bonds. The van der Waals surface area contributed by atoms with Gasteiger partial charge in [-0.15, -0.1) is 0 Å². The summed E-state index contributed by atoms with van der Waals surface area (Å²) in [5.74, 6) is -6.35. The van der Waals surface area contributed by atoms with E-state index in [0.29, 0.717) is 43.2 Å². The fourth-order valence-corrected chi connectivity index (χ4v) is 16.6. The molecule has 20 nitrogen and oxygen atoms in total. The van der Waals surface area contributed by atoms with Gasteiger partial charge < -0.3 is 71.3 Å². The maximum atomic E-state index is 14.4. The lowest BCUT2D eigenvalue weighted by Gasteiger charge is -2.34. The lowest BCUT2D eigenvalue weighted by molar-refractivity contribution is -0.151. The highest BCUT2D eigenvalue weighted by Crippen LogP contribution is 2.57. The first-order valence-corrected chi connectivity index (χ1v) is 34.5. The van der Waals surface area contributed by atoms with Crippen LogP contribution in [0.15, 0.2) is 183 Å². The highest BCUT2D eigenvalue weighted by Gasteiger charge is 2.54. The SMILES string of the molecule is N[C@@H](Cc1c[nH]c2ccccc12)C(=O)OC[C@@H]1C[C@H](COC(=O)[C@@H](N)Cc2c[nH]c3ccccc23)[C@@H]([C@@H]2CC[C@H]([C@@H]3[C@@H](COC(=O)c4ccccc4)C[C@@H](COC(=O)[C@@H](N)Cc4c[nH]c5ccccc45)[C@H]3COC(=O)[C@@H](N)Cc3c[nH]c4ccccc34)C2)[C@@H]1COC(=O)c1ccccc1. The normalized spacial score (nSPS) is 22.6. The van der Waals surface area contributed by atoms with Crippen LogP contribution in [0.2, 0.25) is 0 Å². The zero-order valence-corrected chi connectivity index (χ0v) is 55.2. The number of esters is 6. The van der Waals surface area contributed by atoms with Gasteiger partial charge in [-0.2, -0.15) is 0 Å². The number of H-pyrrole nitrogens is 4. The van der Waals surface area contributed by atoms with Crippen LogP contribution in [0.1, 0.15) is 75.1 Å². The van der Waals surface area contributed by atoms with Gasteiger partial charge in [0.15, 0.2) is 0 Å². The number of benzene rings is 6. The Morgan fingerprint density at radius 3 is 0.949 bits per heavy atom. The van der Waals surface area contributed by atoms with Crippen LogP contribution < -0.4 is 22.9 Å². The van der Waals surface area contributed by atoms with Crippen LogP contribution in [0.25, 0.3) is 43.6 Å². The summed E-state index contributed by atoms with van der Waals surface area (Å²) in [5.41, 5.74) is 34.7. The van der Waals surface area contributed by atoms with Crippen molar-refractivity contribution in [2.24, 2.45) is 82.1 Å². The van der Waals surface area contributed by atoms with Crippen molar-refractivity contribution in [3.63, 3.8) is 0 Å². The van der Waals surface area contributed by atoms with Gasteiger partial charge in [-0.3, -0.25) is 19.2 Å². The number of rotatable bonds is 28. The summed E-state index contributed by atoms with van der Waals surface area (Å²) in [6.45, 7) is -0.225. The van der Waals surface area contributed by atoms with Gasteiger partial charge in [0.05, 0.1) is 50.8 Å². The van der Waals surface area contributed by atoms with Crippen molar-refractivity contribution in [2.75, 3.05) is 39.6 Å². The number of para-hydroxylation sites is 4. The highest BCUT2D eigenvalue weighted by molar-refractivity contribution is 5.91. The van der Waals surface area contributed by atoms with Crippen LogP contribution in [0.3, 0.4) is 0 Å². The molecule has 4 heterocycles. The number of aromatic nitrogens is 4. The Morgan fingerprint density at radius 1 is 0.333 bits per heavy atom. The smallest absolute Gasteiger partial charge is 0.338 e.